The zero-order valence-corrected chi connectivity index (χ0v) is 11.8. The third-order valence-electron chi connectivity index (χ3n) is 3.89. The molecule has 1 unspecified atom stereocenters. The zero-order valence-electron chi connectivity index (χ0n) is 11.8. The molecule has 1 aliphatic rings. The Balaban J connectivity index is 1.59. The van der Waals surface area contributed by atoms with Crippen LogP contribution in [0.1, 0.15) is 11.5 Å². The normalized spacial score (nSPS) is 16.1. The van der Waals surface area contributed by atoms with Crippen LogP contribution in [-0.2, 0) is 4.79 Å². The summed E-state index contributed by atoms with van der Waals surface area (Å²) in [4.78, 5) is 16.8. The topological polar surface area (TPSA) is 51.2 Å². The third kappa shape index (κ3) is 2.19. The van der Waals surface area contributed by atoms with Gasteiger partial charge in [0.25, 0.3) is 0 Å². The second-order valence-electron chi connectivity index (χ2n) is 5.30. The summed E-state index contributed by atoms with van der Waals surface area (Å²) in [7, 11) is 0. The predicted molar refractivity (Wildman–Crippen MR) is 85.1 cm³/mol. The molecule has 0 saturated heterocycles. The molecule has 1 N–H and O–H groups in total. The fraction of sp³-hybridized carbons (Fsp3) is 0.111. The lowest BCUT2D eigenvalue weighted by Crippen LogP contribution is -2.22. The number of carbonyl (C=O) groups excluding carboxylic acids is 1. The van der Waals surface area contributed by atoms with Crippen LogP contribution in [0.2, 0.25) is 0 Å². The highest BCUT2D eigenvalue weighted by molar-refractivity contribution is 5.98. The van der Waals surface area contributed by atoms with Crippen LogP contribution in [0.4, 0.5) is 5.69 Å². The highest BCUT2D eigenvalue weighted by Gasteiger charge is 2.29. The summed E-state index contributed by atoms with van der Waals surface area (Å²) in [6.45, 7) is 0.389. The summed E-state index contributed by atoms with van der Waals surface area (Å²) in [5.74, 6) is 0.486. The second kappa shape index (κ2) is 5.15. The number of anilines is 1. The molecule has 2 aromatic carbocycles. The molecule has 1 aliphatic heterocycles. The lowest BCUT2D eigenvalue weighted by Gasteiger charge is -2.10. The summed E-state index contributed by atoms with van der Waals surface area (Å²) in [6.07, 6.45) is 1.76. The Hall–Kier alpha value is -2.88. The van der Waals surface area contributed by atoms with Crippen molar-refractivity contribution in [1.29, 1.82) is 0 Å². The predicted octanol–water partition coefficient (Wildman–Crippen LogP) is 3.35. The third-order valence-corrected chi connectivity index (χ3v) is 3.89. The Morgan fingerprint density at radius 1 is 1.14 bits per heavy atom. The first-order valence-electron chi connectivity index (χ1n) is 7.19. The largest absolute Gasteiger partial charge is 0.492 e. The van der Waals surface area contributed by atoms with Crippen LogP contribution in [0.5, 0.6) is 5.75 Å². The standard InChI is InChI=1S/C18H14N2O2/c21-18(15-11-22-17-6-2-1-5-14(15)17)20-13-7-8-16-12(10-13)4-3-9-19-16/h1-10,15H,11H2,(H,20,21). The van der Waals surface area contributed by atoms with Gasteiger partial charge in [0, 0.05) is 22.8 Å². The van der Waals surface area contributed by atoms with Crippen molar-refractivity contribution < 1.29 is 9.53 Å². The Morgan fingerprint density at radius 3 is 3.00 bits per heavy atom. The molecule has 0 spiro atoms. The average Bonchev–Trinajstić information content (AvgIpc) is 2.99. The molecule has 4 nitrogen and oxygen atoms in total. The molecule has 0 radical (unpaired) electrons. The average molecular weight is 290 g/mol. The van der Waals surface area contributed by atoms with Crippen LogP contribution in [0.3, 0.4) is 0 Å². The van der Waals surface area contributed by atoms with Crippen molar-refractivity contribution in [2.24, 2.45) is 0 Å². The van der Waals surface area contributed by atoms with Gasteiger partial charge in [-0.3, -0.25) is 9.78 Å². The van der Waals surface area contributed by atoms with Gasteiger partial charge in [-0.15, -0.1) is 0 Å². The van der Waals surface area contributed by atoms with Crippen molar-refractivity contribution in [2.45, 2.75) is 5.92 Å². The number of nitrogens with one attached hydrogen (secondary N) is 1. The van der Waals surface area contributed by atoms with E-state index in [1.54, 1.807) is 6.20 Å². The molecule has 2 heterocycles. The number of amides is 1. The molecule has 3 aromatic rings. The summed E-state index contributed by atoms with van der Waals surface area (Å²) in [5, 5.41) is 3.97. The first kappa shape index (κ1) is 12.8. The molecule has 1 atom stereocenters. The first-order chi connectivity index (χ1) is 10.8. The molecule has 0 saturated carbocycles. The fourth-order valence-electron chi connectivity index (χ4n) is 2.76. The number of hydrogen-bond acceptors (Lipinski definition) is 3. The summed E-state index contributed by atoms with van der Waals surface area (Å²) in [5.41, 5.74) is 2.63. The van der Waals surface area contributed by atoms with Gasteiger partial charge >= 0.3 is 0 Å². The van der Waals surface area contributed by atoms with Gasteiger partial charge in [-0.25, -0.2) is 0 Å². The van der Waals surface area contributed by atoms with Crippen molar-refractivity contribution in [3.63, 3.8) is 0 Å². The first-order valence-corrected chi connectivity index (χ1v) is 7.19. The van der Waals surface area contributed by atoms with Gasteiger partial charge in [-0.05, 0) is 30.3 Å². The Kier molecular flexibility index (Phi) is 3.00. The number of nitrogens with zero attached hydrogens (tertiary/aromatic N) is 1. The molecular weight excluding hydrogens is 276 g/mol. The van der Waals surface area contributed by atoms with Gasteiger partial charge in [0.05, 0.1) is 5.52 Å². The smallest absolute Gasteiger partial charge is 0.235 e. The number of ether oxygens (including phenoxy) is 1. The van der Waals surface area contributed by atoms with E-state index in [-0.39, 0.29) is 11.8 Å². The summed E-state index contributed by atoms with van der Waals surface area (Å²) >= 11 is 0. The molecule has 0 fully saturated rings. The van der Waals surface area contributed by atoms with E-state index >= 15 is 0 Å². The maximum absolute atomic E-state index is 12.5. The number of pyridine rings is 1. The number of rotatable bonds is 2. The number of aromatic nitrogens is 1. The Morgan fingerprint density at radius 2 is 2.05 bits per heavy atom. The maximum atomic E-state index is 12.5. The molecule has 0 bridgehead atoms. The number of benzene rings is 2. The number of para-hydroxylation sites is 1. The van der Waals surface area contributed by atoms with Crippen molar-refractivity contribution in [1.82, 2.24) is 4.98 Å². The summed E-state index contributed by atoms with van der Waals surface area (Å²) in [6, 6.07) is 17.2. The number of carbonyl (C=O) groups is 1. The van der Waals surface area contributed by atoms with E-state index in [0.29, 0.717) is 6.61 Å². The molecule has 108 valence electrons. The fourth-order valence-corrected chi connectivity index (χ4v) is 2.76. The maximum Gasteiger partial charge on any atom is 0.235 e. The van der Waals surface area contributed by atoms with Gasteiger partial charge < -0.3 is 10.1 Å². The molecule has 4 heteroatoms. The van der Waals surface area contributed by atoms with E-state index < -0.39 is 0 Å². The van der Waals surface area contributed by atoms with Crippen LogP contribution in [0.15, 0.2) is 60.8 Å². The minimum Gasteiger partial charge on any atom is -0.492 e. The molecule has 4 rings (SSSR count). The second-order valence-corrected chi connectivity index (χ2v) is 5.30. The molecule has 0 aliphatic carbocycles. The lowest BCUT2D eigenvalue weighted by atomic mass is 10.0. The van der Waals surface area contributed by atoms with Crippen molar-refractivity contribution >= 4 is 22.5 Å². The van der Waals surface area contributed by atoms with E-state index in [9.17, 15) is 4.79 Å². The van der Waals surface area contributed by atoms with Crippen LogP contribution < -0.4 is 10.1 Å². The minimum absolute atomic E-state index is 0.0480. The van der Waals surface area contributed by atoms with Crippen molar-refractivity contribution in [3.05, 3.63) is 66.4 Å². The monoisotopic (exact) mass is 290 g/mol. The van der Waals surface area contributed by atoms with Gasteiger partial charge in [0.15, 0.2) is 0 Å². The van der Waals surface area contributed by atoms with Crippen LogP contribution >= 0.6 is 0 Å². The number of hydrogen-bond donors (Lipinski definition) is 1. The highest BCUT2D eigenvalue weighted by Crippen LogP contribution is 2.34. The zero-order chi connectivity index (χ0) is 14.9. The Labute approximate surface area is 127 Å². The lowest BCUT2D eigenvalue weighted by molar-refractivity contribution is -0.117. The minimum atomic E-state index is -0.263. The number of fused-ring (bicyclic) bond motifs is 2. The van der Waals surface area contributed by atoms with Gasteiger partial charge in [-0.1, -0.05) is 24.3 Å². The quantitative estimate of drug-likeness (QED) is 0.787. The molecule has 1 amide bonds. The van der Waals surface area contributed by atoms with E-state index in [1.807, 2.05) is 54.6 Å². The van der Waals surface area contributed by atoms with Gasteiger partial charge in [0.1, 0.15) is 18.3 Å². The Bertz CT molecular complexity index is 860. The van der Waals surface area contributed by atoms with Gasteiger partial charge in [-0.2, -0.15) is 0 Å². The SMILES string of the molecule is O=C(Nc1ccc2ncccc2c1)C1COc2ccccc21. The van der Waals surface area contributed by atoms with Crippen molar-refractivity contribution in [2.75, 3.05) is 11.9 Å². The van der Waals surface area contributed by atoms with Crippen LogP contribution in [0.25, 0.3) is 10.9 Å². The van der Waals surface area contributed by atoms with Crippen LogP contribution in [0, 0.1) is 0 Å². The van der Waals surface area contributed by atoms with E-state index in [0.717, 1.165) is 27.9 Å². The molecular formula is C18H14N2O2. The van der Waals surface area contributed by atoms with E-state index in [1.165, 1.54) is 0 Å². The van der Waals surface area contributed by atoms with E-state index in [4.69, 9.17) is 4.74 Å². The van der Waals surface area contributed by atoms with Crippen molar-refractivity contribution in [3.8, 4) is 5.75 Å². The molecule has 22 heavy (non-hydrogen) atoms. The molecule has 1 aromatic heterocycles. The van der Waals surface area contributed by atoms with Crippen LogP contribution in [-0.4, -0.2) is 17.5 Å². The summed E-state index contributed by atoms with van der Waals surface area (Å²) < 4.78 is 5.57. The van der Waals surface area contributed by atoms with Gasteiger partial charge in [0.2, 0.25) is 5.91 Å². The highest BCUT2D eigenvalue weighted by atomic mass is 16.5. The van der Waals surface area contributed by atoms with E-state index in [2.05, 4.69) is 10.3 Å².